The molecule has 0 N–H and O–H groups in total. The van der Waals surface area contributed by atoms with Crippen LogP contribution in [0, 0.1) is 0 Å². The van der Waals surface area contributed by atoms with Gasteiger partial charge in [-0.3, -0.25) is 4.79 Å². The summed E-state index contributed by atoms with van der Waals surface area (Å²) in [7, 11) is 1.94. The normalized spacial score (nSPS) is 22.5. The third kappa shape index (κ3) is 0.909. The molecule has 0 amide bonds. The second kappa shape index (κ2) is 2.47. The van der Waals surface area contributed by atoms with Crippen LogP contribution in [0.3, 0.4) is 0 Å². The summed E-state index contributed by atoms with van der Waals surface area (Å²) in [6, 6.07) is 2.07. The monoisotopic (exact) mass is 163 g/mol. The molecule has 1 aromatic heterocycles. The van der Waals surface area contributed by atoms with E-state index in [0.29, 0.717) is 18.1 Å². The average molecular weight is 163 g/mol. The minimum atomic E-state index is 0.301. The Kier molecular flexibility index (Phi) is 1.56. The number of carbonyl (C=O) groups is 1. The van der Waals surface area contributed by atoms with E-state index in [-0.39, 0.29) is 0 Å². The largest absolute Gasteiger partial charge is 0.348 e. The first-order valence-electron chi connectivity index (χ1n) is 4.38. The highest BCUT2D eigenvalue weighted by Crippen LogP contribution is 2.31. The zero-order valence-corrected chi connectivity index (χ0v) is 7.50. The summed E-state index contributed by atoms with van der Waals surface area (Å²) in [6.07, 6.45) is 3.70. The van der Waals surface area contributed by atoms with Crippen molar-refractivity contribution < 1.29 is 4.79 Å². The number of hydrogen-bond acceptors (Lipinski definition) is 1. The zero-order valence-electron chi connectivity index (χ0n) is 7.50. The van der Waals surface area contributed by atoms with Crippen LogP contribution in [-0.4, -0.2) is 10.4 Å². The Hall–Kier alpha value is -1.05. The van der Waals surface area contributed by atoms with Gasteiger partial charge >= 0.3 is 0 Å². The number of rotatable bonds is 0. The standard InChI is InChI=1S/C10H13NO/c1-7-3-4-9(12)10-8(7)5-6-11(10)2/h5-7H,3-4H2,1-2H3. The van der Waals surface area contributed by atoms with Gasteiger partial charge < -0.3 is 4.57 Å². The van der Waals surface area contributed by atoms with E-state index in [1.165, 1.54) is 5.56 Å². The van der Waals surface area contributed by atoms with Crippen molar-refractivity contribution in [1.82, 2.24) is 4.57 Å². The lowest BCUT2D eigenvalue weighted by atomic mass is 9.88. The number of carbonyl (C=O) groups excluding carboxylic acids is 1. The van der Waals surface area contributed by atoms with Crippen LogP contribution < -0.4 is 0 Å². The Morgan fingerprint density at radius 2 is 2.33 bits per heavy atom. The zero-order chi connectivity index (χ0) is 8.72. The van der Waals surface area contributed by atoms with Crippen LogP contribution in [-0.2, 0) is 7.05 Å². The third-order valence-corrected chi connectivity index (χ3v) is 2.70. The molecule has 1 heterocycles. The summed E-state index contributed by atoms with van der Waals surface area (Å²) in [5.74, 6) is 0.856. The van der Waals surface area contributed by atoms with Crippen molar-refractivity contribution in [2.75, 3.05) is 0 Å². The van der Waals surface area contributed by atoms with Gasteiger partial charge in [-0.2, -0.15) is 0 Å². The summed E-state index contributed by atoms with van der Waals surface area (Å²) in [6.45, 7) is 2.19. The Bertz CT molecular complexity index is 325. The summed E-state index contributed by atoms with van der Waals surface area (Å²) >= 11 is 0. The molecule has 0 aromatic carbocycles. The molecule has 12 heavy (non-hydrogen) atoms. The summed E-state index contributed by atoms with van der Waals surface area (Å²) < 4.78 is 1.94. The quantitative estimate of drug-likeness (QED) is 0.574. The maximum atomic E-state index is 11.5. The van der Waals surface area contributed by atoms with E-state index in [9.17, 15) is 4.79 Å². The van der Waals surface area contributed by atoms with Gasteiger partial charge in [0.25, 0.3) is 0 Å². The van der Waals surface area contributed by atoms with Crippen molar-refractivity contribution >= 4 is 5.78 Å². The van der Waals surface area contributed by atoms with Crippen molar-refractivity contribution in [3.8, 4) is 0 Å². The number of hydrogen-bond donors (Lipinski definition) is 0. The van der Waals surface area contributed by atoms with Crippen LogP contribution in [0.25, 0.3) is 0 Å². The lowest BCUT2D eigenvalue weighted by Crippen LogP contribution is -2.15. The van der Waals surface area contributed by atoms with Crippen molar-refractivity contribution in [2.24, 2.45) is 7.05 Å². The Morgan fingerprint density at radius 1 is 1.58 bits per heavy atom. The Labute approximate surface area is 72.2 Å². The van der Waals surface area contributed by atoms with Crippen molar-refractivity contribution in [1.29, 1.82) is 0 Å². The van der Waals surface area contributed by atoms with Gasteiger partial charge in [0.2, 0.25) is 0 Å². The molecule has 1 aliphatic rings. The van der Waals surface area contributed by atoms with E-state index >= 15 is 0 Å². The summed E-state index contributed by atoms with van der Waals surface area (Å²) in [5.41, 5.74) is 2.16. The molecule has 0 fully saturated rings. The molecular formula is C10H13NO. The van der Waals surface area contributed by atoms with Gasteiger partial charge in [0.1, 0.15) is 0 Å². The molecule has 1 unspecified atom stereocenters. The van der Waals surface area contributed by atoms with E-state index in [1.54, 1.807) is 0 Å². The van der Waals surface area contributed by atoms with E-state index in [2.05, 4.69) is 13.0 Å². The van der Waals surface area contributed by atoms with Crippen molar-refractivity contribution in [3.63, 3.8) is 0 Å². The molecule has 64 valence electrons. The van der Waals surface area contributed by atoms with Gasteiger partial charge in [0.05, 0.1) is 5.69 Å². The molecule has 2 heteroatoms. The minimum absolute atomic E-state index is 0.301. The van der Waals surface area contributed by atoms with Crippen LogP contribution in [0.4, 0.5) is 0 Å². The fourth-order valence-corrected chi connectivity index (χ4v) is 1.93. The molecule has 1 aromatic rings. The first-order valence-corrected chi connectivity index (χ1v) is 4.38. The molecular weight excluding hydrogens is 150 g/mol. The Balaban J connectivity index is 2.57. The third-order valence-electron chi connectivity index (χ3n) is 2.70. The lowest BCUT2D eigenvalue weighted by molar-refractivity contribution is 0.0959. The van der Waals surface area contributed by atoms with Gasteiger partial charge in [0, 0.05) is 19.7 Å². The summed E-state index contributed by atoms with van der Waals surface area (Å²) in [4.78, 5) is 11.5. The van der Waals surface area contributed by atoms with Gasteiger partial charge in [-0.15, -0.1) is 0 Å². The maximum Gasteiger partial charge on any atom is 0.179 e. The number of Topliss-reactive ketones (excluding diaryl/α,β-unsaturated/α-hetero) is 1. The highest BCUT2D eigenvalue weighted by atomic mass is 16.1. The minimum Gasteiger partial charge on any atom is -0.348 e. The number of ketones is 1. The number of nitrogens with zero attached hydrogens (tertiary/aromatic N) is 1. The van der Waals surface area contributed by atoms with Crippen LogP contribution in [0.5, 0.6) is 0 Å². The predicted octanol–water partition coefficient (Wildman–Crippen LogP) is 2.11. The lowest BCUT2D eigenvalue weighted by Gasteiger charge is -2.18. The van der Waals surface area contributed by atoms with Crippen LogP contribution >= 0.6 is 0 Å². The second-order valence-electron chi connectivity index (χ2n) is 3.59. The van der Waals surface area contributed by atoms with E-state index < -0.39 is 0 Å². The highest BCUT2D eigenvalue weighted by molar-refractivity contribution is 5.97. The fraction of sp³-hybridized carbons (Fsp3) is 0.500. The maximum absolute atomic E-state index is 11.5. The first-order chi connectivity index (χ1) is 5.70. The molecule has 1 atom stereocenters. The number of aryl methyl sites for hydroxylation is 1. The Morgan fingerprint density at radius 3 is 3.00 bits per heavy atom. The average Bonchev–Trinajstić information content (AvgIpc) is 2.42. The van der Waals surface area contributed by atoms with E-state index in [0.717, 1.165) is 12.1 Å². The molecule has 2 nitrogen and oxygen atoms in total. The van der Waals surface area contributed by atoms with Crippen molar-refractivity contribution in [2.45, 2.75) is 25.7 Å². The molecule has 0 aliphatic heterocycles. The molecule has 0 radical (unpaired) electrons. The molecule has 1 aliphatic carbocycles. The topological polar surface area (TPSA) is 22.0 Å². The molecule has 0 spiro atoms. The highest BCUT2D eigenvalue weighted by Gasteiger charge is 2.24. The number of aromatic nitrogens is 1. The van der Waals surface area contributed by atoms with Crippen LogP contribution in [0.1, 0.15) is 41.7 Å². The van der Waals surface area contributed by atoms with E-state index in [1.807, 2.05) is 17.8 Å². The van der Waals surface area contributed by atoms with Gasteiger partial charge in [-0.25, -0.2) is 0 Å². The van der Waals surface area contributed by atoms with E-state index in [4.69, 9.17) is 0 Å². The second-order valence-corrected chi connectivity index (χ2v) is 3.59. The van der Waals surface area contributed by atoms with Crippen LogP contribution in [0.2, 0.25) is 0 Å². The SMILES string of the molecule is CC1CCC(=O)c2c1ccn2C. The van der Waals surface area contributed by atoms with Gasteiger partial charge in [0.15, 0.2) is 5.78 Å². The first kappa shape index (κ1) is 7.59. The van der Waals surface area contributed by atoms with Crippen molar-refractivity contribution in [3.05, 3.63) is 23.5 Å². The smallest absolute Gasteiger partial charge is 0.179 e. The fourth-order valence-electron chi connectivity index (χ4n) is 1.93. The molecule has 0 saturated heterocycles. The summed E-state index contributed by atoms with van der Waals surface area (Å²) in [5, 5.41) is 0. The number of fused-ring (bicyclic) bond motifs is 1. The molecule has 0 saturated carbocycles. The molecule has 0 bridgehead atoms. The van der Waals surface area contributed by atoms with Crippen LogP contribution in [0.15, 0.2) is 12.3 Å². The molecule has 2 rings (SSSR count). The van der Waals surface area contributed by atoms with Gasteiger partial charge in [-0.05, 0) is 24.0 Å². The van der Waals surface area contributed by atoms with Gasteiger partial charge in [-0.1, -0.05) is 6.92 Å². The predicted molar refractivity (Wildman–Crippen MR) is 47.4 cm³/mol.